The van der Waals surface area contributed by atoms with Gasteiger partial charge < -0.3 is 21.4 Å². The van der Waals surface area contributed by atoms with E-state index in [1.165, 1.54) is 11.2 Å². The first-order chi connectivity index (χ1) is 11.3. The second-order valence-corrected chi connectivity index (χ2v) is 5.30. The molecule has 24 heavy (non-hydrogen) atoms. The largest absolute Gasteiger partial charge is 0.387 e. The number of nitrogen functional groups attached to an aromatic ring is 1. The fraction of sp³-hybridized carbons (Fsp3) is 0.312. The van der Waals surface area contributed by atoms with E-state index in [1.54, 1.807) is 30.3 Å². The van der Waals surface area contributed by atoms with Gasteiger partial charge in [-0.3, -0.25) is 10.4 Å². The Hall–Kier alpha value is -2.87. The summed E-state index contributed by atoms with van der Waals surface area (Å²) in [6, 6.07) is 1.80. The van der Waals surface area contributed by atoms with Gasteiger partial charge in [0, 0.05) is 31.6 Å². The number of anilines is 2. The molecular formula is C16H26N8. The first-order valence-corrected chi connectivity index (χ1v) is 7.41. The molecule has 1 aliphatic heterocycles. The van der Waals surface area contributed by atoms with Crippen molar-refractivity contribution in [2.45, 2.75) is 19.9 Å². The third kappa shape index (κ3) is 3.90. The highest BCUT2D eigenvalue weighted by Crippen LogP contribution is 2.22. The highest BCUT2D eigenvalue weighted by atomic mass is 15.5. The summed E-state index contributed by atoms with van der Waals surface area (Å²) in [6.07, 6.45) is 4.61. The van der Waals surface area contributed by atoms with Crippen molar-refractivity contribution in [1.82, 2.24) is 14.9 Å². The topological polar surface area (TPSA) is 131 Å². The van der Waals surface area contributed by atoms with Crippen molar-refractivity contribution in [3.05, 3.63) is 41.8 Å². The van der Waals surface area contributed by atoms with Crippen LogP contribution in [0.2, 0.25) is 0 Å². The SMILES string of the molecule is C=CC1=C(C)N(C)C(=N)N(N)C1C.CNc1cnc(N)c(C=N)c1. The van der Waals surface area contributed by atoms with E-state index in [0.29, 0.717) is 17.3 Å². The molecule has 0 aromatic carbocycles. The minimum absolute atomic E-state index is 0.0289. The molecule has 7 N–H and O–H groups in total. The molecule has 2 heterocycles. The molecule has 0 bridgehead atoms. The summed E-state index contributed by atoms with van der Waals surface area (Å²) in [5.74, 6) is 6.43. The Morgan fingerprint density at radius 3 is 2.58 bits per heavy atom. The molecule has 1 aromatic heterocycles. The van der Waals surface area contributed by atoms with Crippen molar-refractivity contribution in [2.75, 3.05) is 25.1 Å². The molecule has 2 rings (SSSR count). The van der Waals surface area contributed by atoms with Crippen LogP contribution in [-0.2, 0) is 0 Å². The van der Waals surface area contributed by atoms with Crippen LogP contribution in [0.1, 0.15) is 19.4 Å². The van der Waals surface area contributed by atoms with E-state index in [2.05, 4.69) is 16.9 Å². The van der Waals surface area contributed by atoms with Crippen LogP contribution in [0.4, 0.5) is 11.5 Å². The lowest BCUT2D eigenvalue weighted by atomic mass is 10.0. The van der Waals surface area contributed by atoms with Gasteiger partial charge in [0.1, 0.15) is 5.82 Å². The lowest BCUT2D eigenvalue weighted by Crippen LogP contribution is -2.54. The Labute approximate surface area is 142 Å². The highest BCUT2D eigenvalue weighted by Gasteiger charge is 2.27. The minimum atomic E-state index is 0.0289. The molecule has 1 aromatic rings. The van der Waals surface area contributed by atoms with Gasteiger partial charge in [0.2, 0.25) is 5.96 Å². The van der Waals surface area contributed by atoms with Crippen LogP contribution in [0.15, 0.2) is 36.2 Å². The molecule has 0 amide bonds. The molecule has 0 saturated carbocycles. The quantitative estimate of drug-likeness (QED) is 0.422. The molecule has 1 atom stereocenters. The lowest BCUT2D eigenvalue weighted by molar-refractivity contribution is 0.307. The number of hydrazine groups is 1. The van der Waals surface area contributed by atoms with E-state index in [4.69, 9.17) is 22.4 Å². The number of nitrogens with one attached hydrogen (secondary N) is 3. The number of nitrogens with zero attached hydrogens (tertiary/aromatic N) is 3. The van der Waals surface area contributed by atoms with Gasteiger partial charge in [-0.1, -0.05) is 12.7 Å². The second kappa shape index (κ2) is 8.11. The molecule has 1 unspecified atom stereocenters. The number of nitrogens with two attached hydrogens (primary N) is 2. The van der Waals surface area contributed by atoms with Gasteiger partial charge in [0.15, 0.2) is 0 Å². The van der Waals surface area contributed by atoms with Crippen LogP contribution in [0.5, 0.6) is 0 Å². The van der Waals surface area contributed by atoms with Gasteiger partial charge >= 0.3 is 0 Å². The van der Waals surface area contributed by atoms with E-state index in [9.17, 15) is 0 Å². The number of hydrogen-bond acceptors (Lipinski definition) is 6. The molecule has 130 valence electrons. The predicted molar refractivity (Wildman–Crippen MR) is 100.0 cm³/mol. The molecule has 8 heteroatoms. The third-order valence-electron chi connectivity index (χ3n) is 3.96. The molecule has 1 aliphatic rings. The summed E-state index contributed by atoms with van der Waals surface area (Å²) >= 11 is 0. The number of rotatable bonds is 3. The molecule has 0 spiro atoms. The second-order valence-electron chi connectivity index (χ2n) is 5.30. The van der Waals surface area contributed by atoms with Crippen molar-refractivity contribution in [3.8, 4) is 0 Å². The molecular weight excluding hydrogens is 304 g/mol. The summed E-state index contributed by atoms with van der Waals surface area (Å²) < 4.78 is 0. The molecule has 0 radical (unpaired) electrons. The average molecular weight is 330 g/mol. The minimum Gasteiger partial charge on any atom is -0.387 e. The zero-order valence-electron chi connectivity index (χ0n) is 14.6. The highest BCUT2D eigenvalue weighted by molar-refractivity contribution is 5.84. The van der Waals surface area contributed by atoms with E-state index in [0.717, 1.165) is 17.0 Å². The van der Waals surface area contributed by atoms with Gasteiger partial charge in [-0.2, -0.15) is 0 Å². The van der Waals surface area contributed by atoms with Crippen LogP contribution in [0.25, 0.3) is 0 Å². The summed E-state index contributed by atoms with van der Waals surface area (Å²) in [7, 11) is 3.62. The average Bonchev–Trinajstić information content (AvgIpc) is 2.60. The smallest absolute Gasteiger partial charge is 0.212 e. The summed E-state index contributed by atoms with van der Waals surface area (Å²) in [5.41, 5.74) is 9.07. The van der Waals surface area contributed by atoms with Crippen molar-refractivity contribution in [1.29, 1.82) is 10.8 Å². The monoisotopic (exact) mass is 330 g/mol. The van der Waals surface area contributed by atoms with Crippen LogP contribution < -0.4 is 16.9 Å². The molecule has 0 fully saturated rings. The first kappa shape index (κ1) is 19.2. The van der Waals surface area contributed by atoms with Crippen LogP contribution >= 0.6 is 0 Å². The Kier molecular flexibility index (Phi) is 6.48. The number of guanidine groups is 1. The molecule has 8 nitrogen and oxygen atoms in total. The van der Waals surface area contributed by atoms with Crippen molar-refractivity contribution in [3.63, 3.8) is 0 Å². The van der Waals surface area contributed by atoms with Gasteiger partial charge in [-0.15, -0.1) is 0 Å². The number of hydrogen-bond donors (Lipinski definition) is 5. The lowest BCUT2D eigenvalue weighted by Gasteiger charge is -2.39. The number of allylic oxidation sites excluding steroid dienone is 1. The zero-order chi connectivity index (χ0) is 18.4. The zero-order valence-corrected chi connectivity index (χ0v) is 14.6. The summed E-state index contributed by atoms with van der Waals surface area (Å²) in [6.45, 7) is 7.67. The van der Waals surface area contributed by atoms with Gasteiger partial charge in [0.25, 0.3) is 0 Å². The van der Waals surface area contributed by atoms with Crippen molar-refractivity contribution < 1.29 is 0 Å². The maximum absolute atomic E-state index is 7.68. The van der Waals surface area contributed by atoms with Gasteiger partial charge in [-0.25, -0.2) is 10.8 Å². The van der Waals surface area contributed by atoms with Gasteiger partial charge in [-0.05, 0) is 25.5 Å². The van der Waals surface area contributed by atoms with Crippen molar-refractivity contribution in [2.24, 2.45) is 5.84 Å². The normalized spacial score (nSPS) is 17.2. The summed E-state index contributed by atoms with van der Waals surface area (Å²) in [5, 5.41) is 19.0. The maximum atomic E-state index is 7.68. The third-order valence-corrected chi connectivity index (χ3v) is 3.96. The fourth-order valence-electron chi connectivity index (χ4n) is 2.22. The van der Waals surface area contributed by atoms with E-state index in [-0.39, 0.29) is 6.04 Å². The number of aromatic nitrogens is 1. The summed E-state index contributed by atoms with van der Waals surface area (Å²) in [4.78, 5) is 5.63. The maximum Gasteiger partial charge on any atom is 0.212 e. The van der Waals surface area contributed by atoms with Crippen LogP contribution in [-0.4, -0.2) is 47.2 Å². The number of pyridine rings is 1. The van der Waals surface area contributed by atoms with E-state index >= 15 is 0 Å². The standard InChI is InChI=1S/C9H16N4.C7H10N4/c1-5-8-6(2)12(4)9(10)13(11)7(8)3;1-10-6-2-5(3-8)7(9)11-4-6/h5,7,10H,1,11H2,2-4H3;2-4,8,10H,1H3,(H2,9,11). The van der Waals surface area contributed by atoms with Crippen LogP contribution in [0, 0.1) is 10.8 Å². The van der Waals surface area contributed by atoms with E-state index < -0.39 is 0 Å². The first-order valence-electron chi connectivity index (χ1n) is 7.41. The van der Waals surface area contributed by atoms with Crippen molar-refractivity contribution >= 4 is 23.7 Å². The fourth-order valence-corrected chi connectivity index (χ4v) is 2.22. The van der Waals surface area contributed by atoms with Gasteiger partial charge in [0.05, 0.1) is 17.9 Å². The predicted octanol–water partition coefficient (Wildman–Crippen LogP) is 1.59. The Morgan fingerprint density at radius 2 is 2.08 bits per heavy atom. The Morgan fingerprint density at radius 1 is 1.46 bits per heavy atom. The van der Waals surface area contributed by atoms with Crippen LogP contribution in [0.3, 0.4) is 0 Å². The Balaban J connectivity index is 0.000000243. The van der Waals surface area contributed by atoms with E-state index in [1.807, 2.05) is 20.9 Å². The molecule has 0 saturated heterocycles. The molecule has 0 aliphatic carbocycles. The Bertz CT molecular complexity index is 664.